The zero-order valence-electron chi connectivity index (χ0n) is 26.9. The summed E-state index contributed by atoms with van der Waals surface area (Å²) in [5.41, 5.74) is 4.81. The Kier molecular flexibility index (Phi) is 11.0. The Morgan fingerprint density at radius 2 is 1.80 bits per heavy atom. The molecule has 49 heavy (non-hydrogen) atoms. The van der Waals surface area contributed by atoms with Gasteiger partial charge in [0.15, 0.2) is 0 Å². The lowest BCUT2D eigenvalue weighted by Crippen LogP contribution is -2.42. The number of aliphatic hydroxyl groups excluding tert-OH is 1. The molecular weight excluding hydrogens is 643 g/mol. The second-order valence-electron chi connectivity index (χ2n) is 12.0. The lowest BCUT2D eigenvalue weighted by atomic mass is 10.0. The quantitative estimate of drug-likeness (QED) is 0.105. The minimum atomic E-state index is -0.860. The molecule has 1 fully saturated rings. The number of hydrogen-bond acceptors (Lipinski definition) is 9. The molecule has 254 valence electrons. The average molecular weight is 682 g/mol. The highest BCUT2D eigenvalue weighted by Gasteiger charge is 2.23. The second kappa shape index (κ2) is 15.9. The molecule has 2 aromatic heterocycles. The molecule has 5 aromatic rings. The van der Waals surface area contributed by atoms with Gasteiger partial charge in [0.05, 0.1) is 17.3 Å². The van der Waals surface area contributed by atoms with E-state index >= 15 is 0 Å². The molecule has 1 atom stereocenters. The number of piperidine rings is 1. The van der Waals surface area contributed by atoms with E-state index < -0.39 is 12.2 Å². The number of thiophene rings is 1. The number of carbonyl (C=O) groups excluding carboxylic acids is 2. The minimum absolute atomic E-state index is 0.0539. The first-order valence-electron chi connectivity index (χ1n) is 16.3. The van der Waals surface area contributed by atoms with E-state index in [1.54, 1.807) is 35.6 Å². The predicted octanol–water partition coefficient (Wildman–Crippen LogP) is 5.23. The average Bonchev–Trinajstić information content (AvgIpc) is 3.65. The van der Waals surface area contributed by atoms with Gasteiger partial charge in [-0.25, -0.2) is 4.79 Å². The van der Waals surface area contributed by atoms with E-state index in [1.165, 1.54) is 12.1 Å². The van der Waals surface area contributed by atoms with Crippen LogP contribution >= 0.6 is 11.3 Å². The lowest BCUT2D eigenvalue weighted by molar-refractivity contribution is 0.0587. The van der Waals surface area contributed by atoms with E-state index in [1.807, 2.05) is 53.2 Å². The molecular formula is C37H39N5O6S. The molecule has 1 aliphatic rings. The topological polar surface area (TPSA) is 156 Å². The maximum atomic E-state index is 12.8. The van der Waals surface area contributed by atoms with Crippen LogP contribution in [0.3, 0.4) is 0 Å². The molecule has 6 rings (SSSR count). The van der Waals surface area contributed by atoms with Crippen molar-refractivity contribution in [2.45, 2.75) is 31.6 Å². The Labute approximate surface area is 287 Å². The number of amides is 2. The van der Waals surface area contributed by atoms with Gasteiger partial charge in [-0.1, -0.05) is 36.4 Å². The van der Waals surface area contributed by atoms with Crippen LogP contribution in [0.15, 0.2) is 94.4 Å². The molecule has 0 bridgehead atoms. The van der Waals surface area contributed by atoms with Gasteiger partial charge in [-0.3, -0.25) is 14.9 Å². The van der Waals surface area contributed by atoms with Gasteiger partial charge in [-0.15, -0.1) is 0 Å². The van der Waals surface area contributed by atoms with Crippen molar-refractivity contribution in [2.75, 3.05) is 38.0 Å². The first kappa shape index (κ1) is 33.9. The molecule has 0 aliphatic carbocycles. The third kappa shape index (κ3) is 8.72. The van der Waals surface area contributed by atoms with Crippen LogP contribution in [0.25, 0.3) is 22.0 Å². The van der Waals surface area contributed by atoms with Crippen LogP contribution in [-0.4, -0.2) is 70.9 Å². The number of anilines is 1. The van der Waals surface area contributed by atoms with Gasteiger partial charge in [-0.2, -0.15) is 11.3 Å². The van der Waals surface area contributed by atoms with Crippen molar-refractivity contribution in [3.8, 4) is 16.9 Å². The monoisotopic (exact) mass is 681 g/mol. The third-order valence-electron chi connectivity index (χ3n) is 8.67. The predicted molar refractivity (Wildman–Crippen MR) is 191 cm³/mol. The molecule has 1 saturated heterocycles. The molecule has 6 N–H and O–H groups in total. The number of aromatic amines is 1. The van der Waals surface area contributed by atoms with E-state index in [9.17, 15) is 24.6 Å². The van der Waals surface area contributed by atoms with Gasteiger partial charge in [0.2, 0.25) is 5.56 Å². The zero-order valence-corrected chi connectivity index (χ0v) is 27.7. The highest BCUT2D eigenvalue weighted by Crippen LogP contribution is 2.30. The number of benzene rings is 3. The molecule has 12 heteroatoms. The Balaban J connectivity index is 0.884. The van der Waals surface area contributed by atoms with Crippen LogP contribution in [0.2, 0.25) is 0 Å². The minimum Gasteiger partial charge on any atom is -0.506 e. The van der Waals surface area contributed by atoms with Crippen LogP contribution in [0.1, 0.15) is 40.4 Å². The number of fused-ring (bicyclic) bond motifs is 1. The second-order valence-corrected chi connectivity index (χ2v) is 12.8. The van der Waals surface area contributed by atoms with E-state index in [0.717, 1.165) is 48.3 Å². The summed E-state index contributed by atoms with van der Waals surface area (Å²) >= 11 is 1.61. The first-order chi connectivity index (χ1) is 23.8. The molecule has 0 radical (unpaired) electrons. The summed E-state index contributed by atoms with van der Waals surface area (Å²) in [5.74, 6) is -0.202. The number of likely N-dealkylation sites (tertiary alicyclic amines) is 1. The van der Waals surface area contributed by atoms with Crippen molar-refractivity contribution >= 4 is 39.9 Å². The molecule has 3 aromatic carbocycles. The van der Waals surface area contributed by atoms with Crippen molar-refractivity contribution in [3.63, 3.8) is 0 Å². The summed E-state index contributed by atoms with van der Waals surface area (Å²) in [6.07, 6.45) is -0.00867. The fraction of sp³-hybridized carbons (Fsp3) is 0.270. The summed E-state index contributed by atoms with van der Waals surface area (Å²) in [7, 11) is 0. The maximum absolute atomic E-state index is 12.8. The van der Waals surface area contributed by atoms with Gasteiger partial charge >= 0.3 is 6.09 Å². The molecule has 1 aliphatic heterocycles. The van der Waals surface area contributed by atoms with E-state index in [0.29, 0.717) is 41.7 Å². The van der Waals surface area contributed by atoms with E-state index in [4.69, 9.17) is 4.74 Å². The van der Waals surface area contributed by atoms with Crippen LogP contribution < -0.4 is 21.5 Å². The van der Waals surface area contributed by atoms with Gasteiger partial charge in [-0.05, 0) is 76.7 Å². The number of nitrogens with one attached hydrogen (secondary N) is 4. The third-order valence-corrected chi connectivity index (χ3v) is 9.35. The van der Waals surface area contributed by atoms with Gasteiger partial charge in [0.25, 0.3) is 5.91 Å². The van der Waals surface area contributed by atoms with Crippen molar-refractivity contribution < 1.29 is 24.5 Å². The smallest absolute Gasteiger partial charge is 0.411 e. The van der Waals surface area contributed by atoms with Crippen LogP contribution in [0.4, 0.5) is 10.5 Å². The first-order valence-corrected chi connectivity index (χ1v) is 17.2. The molecule has 0 unspecified atom stereocenters. The number of phenols is 1. The Morgan fingerprint density at radius 1 is 1.00 bits per heavy atom. The summed E-state index contributed by atoms with van der Waals surface area (Å²) in [6.45, 7) is 3.49. The number of pyridine rings is 1. The molecule has 0 spiro atoms. The number of nitrogens with zero attached hydrogens (tertiary/aromatic N) is 1. The van der Waals surface area contributed by atoms with Crippen LogP contribution in [0.5, 0.6) is 5.75 Å². The molecule has 2 amide bonds. The fourth-order valence-corrected chi connectivity index (χ4v) is 6.68. The Bertz CT molecular complexity index is 1940. The van der Waals surface area contributed by atoms with Crippen molar-refractivity contribution in [2.24, 2.45) is 0 Å². The van der Waals surface area contributed by atoms with Crippen molar-refractivity contribution in [1.29, 1.82) is 0 Å². The number of para-hydroxylation sites is 1. The van der Waals surface area contributed by atoms with Crippen LogP contribution in [-0.2, 0) is 11.3 Å². The summed E-state index contributed by atoms with van der Waals surface area (Å²) < 4.78 is 5.73. The van der Waals surface area contributed by atoms with Gasteiger partial charge < -0.3 is 35.5 Å². The number of H-pyrrole nitrogens is 1. The zero-order chi connectivity index (χ0) is 34.2. The molecule has 3 heterocycles. The number of carbonyl (C=O) groups is 2. The van der Waals surface area contributed by atoms with Crippen molar-refractivity contribution in [1.82, 2.24) is 20.5 Å². The standard InChI is InChI=1S/C37H39N5O6S/c43-32-11-9-29(30-10-12-34(45)41-35(30)32)33(44)22-38-21-24-5-7-25(8-6-24)36(46)39-16-19-42-17-13-27(14-18-42)48-37(47)40-31-4-2-1-3-28(31)26-15-20-49-23-26/h1-12,15,20,23,27,33,38,43-44H,13-14,16-19,21-22H2,(H,39,46)(H,40,47)(H,41,45)/t33-/m0/s1. The number of aromatic nitrogens is 1. The Morgan fingerprint density at radius 3 is 2.57 bits per heavy atom. The van der Waals surface area contributed by atoms with E-state index in [2.05, 4.69) is 25.8 Å². The largest absolute Gasteiger partial charge is 0.506 e. The van der Waals surface area contributed by atoms with E-state index in [-0.39, 0.29) is 29.9 Å². The Hall–Kier alpha value is -5.01. The van der Waals surface area contributed by atoms with Crippen molar-refractivity contribution in [3.05, 3.63) is 117 Å². The maximum Gasteiger partial charge on any atom is 0.411 e. The normalized spacial score (nSPS) is 14.4. The highest BCUT2D eigenvalue weighted by atomic mass is 32.1. The number of phenolic OH excluding ortho intramolecular Hbond substituents is 1. The van der Waals surface area contributed by atoms with Gasteiger partial charge in [0, 0.05) is 61.8 Å². The van der Waals surface area contributed by atoms with Crippen LogP contribution in [0, 0.1) is 0 Å². The number of rotatable bonds is 12. The number of aliphatic hydroxyl groups is 1. The number of aromatic hydroxyl groups is 1. The SMILES string of the molecule is O=C(Nc1ccccc1-c1ccsc1)OC1CCN(CCNC(=O)c2ccc(CNC[C@H](O)c3ccc(O)c4[nH]c(=O)ccc34)cc2)CC1. The number of ether oxygens (including phenoxy) is 1. The number of hydrogen-bond donors (Lipinski definition) is 6. The summed E-state index contributed by atoms with van der Waals surface area (Å²) in [6, 6.07) is 23.1. The summed E-state index contributed by atoms with van der Waals surface area (Å²) in [4.78, 5) is 41.9. The fourth-order valence-electron chi connectivity index (χ4n) is 6.02. The molecule has 11 nitrogen and oxygen atoms in total. The van der Waals surface area contributed by atoms with Gasteiger partial charge in [0.1, 0.15) is 11.9 Å². The lowest BCUT2D eigenvalue weighted by Gasteiger charge is -2.31. The highest BCUT2D eigenvalue weighted by molar-refractivity contribution is 7.08. The molecule has 0 saturated carbocycles. The summed E-state index contributed by atoms with van der Waals surface area (Å²) in [5, 5.41) is 34.6.